The molecule has 1 saturated carbocycles. The number of nitrogens with zero attached hydrogens (tertiary/aromatic N) is 1. The lowest BCUT2D eigenvalue weighted by Crippen LogP contribution is -2.57. The highest BCUT2D eigenvalue weighted by molar-refractivity contribution is 5.87. The maximum absolute atomic E-state index is 13.9. The van der Waals surface area contributed by atoms with Gasteiger partial charge in [-0.2, -0.15) is 0 Å². The van der Waals surface area contributed by atoms with Gasteiger partial charge in [0, 0.05) is 37.5 Å². The fraction of sp³-hybridized carbons (Fsp3) is 0.575. The molecule has 50 heavy (non-hydrogen) atoms. The summed E-state index contributed by atoms with van der Waals surface area (Å²) in [5, 5.41) is 27.7. The van der Waals surface area contributed by atoms with E-state index >= 15 is 0 Å². The average Bonchev–Trinajstić information content (AvgIpc) is 3.14. The minimum absolute atomic E-state index is 0.0248. The van der Waals surface area contributed by atoms with Gasteiger partial charge in [0.25, 0.3) is 0 Å². The van der Waals surface area contributed by atoms with Crippen molar-refractivity contribution < 1.29 is 24.5 Å². The number of aromatic hydroxyl groups is 1. The van der Waals surface area contributed by atoms with Crippen molar-refractivity contribution in [1.82, 2.24) is 20.5 Å². The van der Waals surface area contributed by atoms with Crippen LogP contribution in [0.5, 0.6) is 11.5 Å². The number of rotatable bonds is 16. The van der Waals surface area contributed by atoms with Crippen molar-refractivity contribution in [3.63, 3.8) is 0 Å². The van der Waals surface area contributed by atoms with Gasteiger partial charge in [-0.25, -0.2) is 0 Å². The van der Waals surface area contributed by atoms with E-state index in [1.54, 1.807) is 12.1 Å². The molecule has 7 rings (SSSR count). The van der Waals surface area contributed by atoms with Crippen molar-refractivity contribution in [3.05, 3.63) is 70.0 Å². The Morgan fingerprint density at radius 2 is 1.78 bits per heavy atom. The summed E-state index contributed by atoms with van der Waals surface area (Å²) >= 11 is 0. The lowest BCUT2D eigenvalue weighted by Gasteiger charge is -2.53. The molecule has 1 aliphatic carbocycles. The minimum atomic E-state index is -0.783. The smallest absolute Gasteiger partial charge is 0.317 e. The molecule has 1 aromatic heterocycles. The second-order valence-electron chi connectivity index (χ2n) is 14.8. The zero-order valence-electron chi connectivity index (χ0n) is 29.3. The normalized spacial score (nSPS) is 21.9. The van der Waals surface area contributed by atoms with Gasteiger partial charge >= 0.3 is 5.97 Å². The summed E-state index contributed by atoms with van der Waals surface area (Å²) in [4.78, 5) is 43.2. The molecule has 4 aliphatic rings. The van der Waals surface area contributed by atoms with Crippen molar-refractivity contribution in [2.24, 2.45) is 17.3 Å². The summed E-state index contributed by atoms with van der Waals surface area (Å²) in [6, 6.07) is 14.0. The monoisotopic (exact) mass is 686 g/mol. The van der Waals surface area contributed by atoms with Gasteiger partial charge < -0.3 is 35.5 Å². The number of fused-ring (bicyclic) bond motifs is 4. The molecule has 1 amide bonds. The zero-order chi connectivity index (χ0) is 34.9. The van der Waals surface area contributed by atoms with Gasteiger partial charge in [0.15, 0.2) is 0 Å². The first kappa shape index (κ1) is 36.1. The number of esters is 1. The van der Waals surface area contributed by atoms with Gasteiger partial charge in [0.2, 0.25) is 11.5 Å². The van der Waals surface area contributed by atoms with Crippen molar-refractivity contribution in [2.45, 2.75) is 89.6 Å². The molecule has 3 saturated heterocycles. The van der Waals surface area contributed by atoms with Gasteiger partial charge in [0.1, 0.15) is 11.5 Å². The summed E-state index contributed by atoms with van der Waals surface area (Å²) < 4.78 is 6.17. The number of phenols is 1. The number of ether oxygens (including phenoxy) is 1. The highest BCUT2D eigenvalue weighted by Crippen LogP contribution is 2.51. The van der Waals surface area contributed by atoms with Gasteiger partial charge in [-0.05, 0) is 118 Å². The number of hydrogen-bond donors (Lipinski definition) is 5. The third kappa shape index (κ3) is 8.76. The van der Waals surface area contributed by atoms with Crippen LogP contribution in [-0.2, 0) is 16.0 Å². The van der Waals surface area contributed by atoms with E-state index < -0.39 is 6.10 Å². The first-order valence-corrected chi connectivity index (χ1v) is 18.9. The Morgan fingerprint density at radius 1 is 0.980 bits per heavy atom. The van der Waals surface area contributed by atoms with Crippen LogP contribution in [0.25, 0.3) is 10.9 Å². The Kier molecular flexibility index (Phi) is 12.3. The number of nitrogens with one attached hydrogen (secondary N) is 3. The van der Waals surface area contributed by atoms with Crippen LogP contribution >= 0.6 is 0 Å². The Hall–Kier alpha value is -3.73. The summed E-state index contributed by atoms with van der Waals surface area (Å²) in [6.07, 6.45) is 11.6. The highest BCUT2D eigenvalue weighted by atomic mass is 16.5. The van der Waals surface area contributed by atoms with Crippen molar-refractivity contribution in [2.75, 3.05) is 39.3 Å². The van der Waals surface area contributed by atoms with Crippen LogP contribution in [0, 0.1) is 17.3 Å². The van der Waals surface area contributed by atoms with Crippen LogP contribution in [-0.4, -0.2) is 71.2 Å². The molecule has 2 bridgehead atoms. The number of benzene rings is 2. The number of piperidine rings is 3. The molecule has 4 fully saturated rings. The SMILES string of the molecule is O=C(CCCc1cccc(OC(=O)C2([C@@H]3CN4CCC3CC4)CCCCC2)c1)NCCCCCNC[C@H](O)c1ccc(O)c2[nH]c(=O)ccc12. The van der Waals surface area contributed by atoms with E-state index in [4.69, 9.17) is 4.74 Å². The number of aromatic amines is 1. The van der Waals surface area contributed by atoms with Crippen LogP contribution in [0.15, 0.2) is 53.3 Å². The summed E-state index contributed by atoms with van der Waals surface area (Å²) in [7, 11) is 0. The largest absolute Gasteiger partial charge is 0.506 e. The highest BCUT2D eigenvalue weighted by Gasteiger charge is 2.53. The molecule has 270 valence electrons. The molecule has 5 N–H and O–H groups in total. The summed E-state index contributed by atoms with van der Waals surface area (Å²) in [5.74, 6) is 1.67. The van der Waals surface area contributed by atoms with Crippen molar-refractivity contribution >= 4 is 22.8 Å². The summed E-state index contributed by atoms with van der Waals surface area (Å²) in [5.41, 5.74) is 1.38. The number of unbranched alkanes of at least 4 members (excludes halogenated alkanes) is 2. The quantitative estimate of drug-likeness (QED) is 0.0770. The van der Waals surface area contributed by atoms with E-state index in [1.807, 2.05) is 24.3 Å². The fourth-order valence-corrected chi connectivity index (χ4v) is 8.69. The Bertz CT molecular complexity index is 1660. The molecule has 2 atom stereocenters. The number of H-pyrrole nitrogens is 1. The molecular formula is C40H54N4O6. The number of hydrogen-bond acceptors (Lipinski definition) is 8. The second kappa shape index (κ2) is 17.0. The Balaban J connectivity index is 0.859. The first-order chi connectivity index (χ1) is 24.3. The molecule has 3 aromatic rings. The maximum Gasteiger partial charge on any atom is 0.317 e. The van der Waals surface area contributed by atoms with Crippen LogP contribution in [0.2, 0.25) is 0 Å². The zero-order valence-corrected chi connectivity index (χ0v) is 29.3. The van der Waals surface area contributed by atoms with Gasteiger partial charge in [-0.1, -0.05) is 43.9 Å². The lowest BCUT2D eigenvalue weighted by atomic mass is 9.58. The van der Waals surface area contributed by atoms with Crippen molar-refractivity contribution in [1.29, 1.82) is 0 Å². The molecule has 0 radical (unpaired) electrons. The van der Waals surface area contributed by atoms with E-state index in [0.29, 0.717) is 53.6 Å². The average molecular weight is 687 g/mol. The van der Waals surface area contributed by atoms with Crippen LogP contribution < -0.4 is 20.9 Å². The standard InChI is InChI=1S/C40H54N4O6/c45-34-15-13-31(32-14-16-37(48)43-38(32)34)35(46)26-41-21-5-2-6-22-42-36(47)12-8-10-28-9-7-11-30(25-28)50-39(49)40(19-3-1-4-20-40)33-27-44-23-17-29(33)18-24-44/h7,9,11,13-16,25,29,33,35,41,45-46H,1-6,8,10,12,17-24,26-27H2,(H,42,47)(H,43,48)/t33-,35+/m1/s1. The number of pyridine rings is 1. The third-order valence-corrected chi connectivity index (χ3v) is 11.5. The molecular weight excluding hydrogens is 632 g/mol. The number of amides is 1. The van der Waals surface area contributed by atoms with Gasteiger partial charge in [-0.15, -0.1) is 0 Å². The van der Waals surface area contributed by atoms with E-state index in [9.17, 15) is 24.6 Å². The number of carbonyl (C=O) groups is 2. The Morgan fingerprint density at radius 3 is 2.56 bits per heavy atom. The van der Waals surface area contributed by atoms with Crippen LogP contribution in [0.3, 0.4) is 0 Å². The van der Waals surface area contributed by atoms with Crippen LogP contribution in [0.1, 0.15) is 94.3 Å². The Labute approximate surface area is 295 Å². The van der Waals surface area contributed by atoms with Gasteiger partial charge in [0.05, 0.1) is 17.0 Å². The van der Waals surface area contributed by atoms with E-state index in [-0.39, 0.29) is 28.6 Å². The number of aromatic nitrogens is 1. The predicted molar refractivity (Wildman–Crippen MR) is 194 cm³/mol. The molecule has 10 nitrogen and oxygen atoms in total. The lowest BCUT2D eigenvalue weighted by molar-refractivity contribution is -0.159. The second-order valence-corrected chi connectivity index (χ2v) is 14.8. The predicted octanol–water partition coefficient (Wildman–Crippen LogP) is 5.36. The molecule has 2 aromatic carbocycles. The molecule has 3 aliphatic heterocycles. The molecule has 0 unspecified atom stereocenters. The number of phenolic OH excluding ortho intramolecular Hbond substituents is 1. The minimum Gasteiger partial charge on any atom is -0.506 e. The van der Waals surface area contributed by atoms with E-state index in [1.165, 1.54) is 44.5 Å². The molecule has 0 spiro atoms. The van der Waals surface area contributed by atoms with Crippen LogP contribution in [0.4, 0.5) is 0 Å². The molecule has 10 heteroatoms. The number of aryl methyl sites for hydroxylation is 1. The number of carbonyl (C=O) groups excluding carboxylic acids is 2. The van der Waals surface area contributed by atoms with E-state index in [0.717, 1.165) is 76.4 Å². The first-order valence-electron chi connectivity index (χ1n) is 18.9. The fourth-order valence-electron chi connectivity index (χ4n) is 8.69. The van der Waals surface area contributed by atoms with Crippen molar-refractivity contribution in [3.8, 4) is 11.5 Å². The van der Waals surface area contributed by atoms with E-state index in [2.05, 4.69) is 20.5 Å². The maximum atomic E-state index is 13.9. The van der Waals surface area contributed by atoms with Gasteiger partial charge in [-0.3, -0.25) is 14.4 Å². The third-order valence-electron chi connectivity index (χ3n) is 11.5. The number of aliphatic hydroxyl groups is 1. The summed E-state index contributed by atoms with van der Waals surface area (Å²) in [6.45, 7) is 5.09. The number of aliphatic hydroxyl groups excluding tert-OH is 1. The topological polar surface area (TPSA) is 144 Å². The molecule has 4 heterocycles.